The third-order valence-electron chi connectivity index (χ3n) is 5.84. The molecule has 1 N–H and O–H groups in total. The lowest BCUT2D eigenvalue weighted by Crippen LogP contribution is -2.39. The van der Waals surface area contributed by atoms with Gasteiger partial charge in [-0.2, -0.15) is 10.2 Å². The number of H-pyrrole nitrogens is 1. The monoisotopic (exact) mass is 377 g/mol. The van der Waals surface area contributed by atoms with E-state index in [1.807, 2.05) is 36.5 Å². The van der Waals surface area contributed by atoms with Crippen LogP contribution >= 0.6 is 0 Å². The Labute approximate surface area is 165 Å². The smallest absolute Gasteiger partial charge is 0.271 e. The summed E-state index contributed by atoms with van der Waals surface area (Å²) in [6.07, 6.45) is 3.18. The van der Waals surface area contributed by atoms with Gasteiger partial charge in [0.2, 0.25) is 0 Å². The van der Waals surface area contributed by atoms with E-state index in [1.165, 1.54) is 5.56 Å². The van der Waals surface area contributed by atoms with E-state index >= 15 is 0 Å². The average Bonchev–Trinajstić information content (AvgIpc) is 3.27. The number of piperidine rings is 1. The van der Waals surface area contributed by atoms with E-state index in [0.29, 0.717) is 11.6 Å². The van der Waals surface area contributed by atoms with Crippen molar-refractivity contribution in [2.75, 3.05) is 13.1 Å². The van der Waals surface area contributed by atoms with Gasteiger partial charge in [0.05, 0.1) is 11.4 Å². The molecule has 3 aromatic rings. The number of benzene rings is 1. The van der Waals surface area contributed by atoms with Gasteiger partial charge >= 0.3 is 0 Å². The largest absolute Gasteiger partial charge is 0.337 e. The summed E-state index contributed by atoms with van der Waals surface area (Å²) in [6.45, 7) is 5.59. The maximum absolute atomic E-state index is 12.9. The van der Waals surface area contributed by atoms with Crippen LogP contribution in [0.2, 0.25) is 0 Å². The van der Waals surface area contributed by atoms with Gasteiger partial charge in [0.1, 0.15) is 5.69 Å². The third-order valence-corrected chi connectivity index (χ3v) is 5.84. The van der Waals surface area contributed by atoms with Crippen molar-refractivity contribution < 1.29 is 4.79 Å². The molecule has 1 fully saturated rings. The van der Waals surface area contributed by atoms with E-state index < -0.39 is 0 Å². The first kappa shape index (κ1) is 18.5. The van der Waals surface area contributed by atoms with E-state index in [4.69, 9.17) is 0 Å². The third kappa shape index (κ3) is 3.59. The normalized spacial score (nSPS) is 15.2. The van der Waals surface area contributed by atoms with Crippen LogP contribution in [-0.4, -0.2) is 43.9 Å². The van der Waals surface area contributed by atoms with Crippen LogP contribution in [0.5, 0.6) is 0 Å². The minimum absolute atomic E-state index is 0.0381. The predicted octanol–water partition coefficient (Wildman–Crippen LogP) is 3.52. The van der Waals surface area contributed by atoms with Crippen molar-refractivity contribution in [3.05, 3.63) is 59.0 Å². The molecule has 28 heavy (non-hydrogen) atoms. The lowest BCUT2D eigenvalue weighted by atomic mass is 9.90. The van der Waals surface area contributed by atoms with Crippen molar-refractivity contribution in [2.24, 2.45) is 13.0 Å². The highest BCUT2D eigenvalue weighted by Crippen LogP contribution is 2.27. The number of carbonyl (C=O) groups excluding carboxylic acids is 1. The lowest BCUT2D eigenvalue weighted by molar-refractivity contribution is 0.0684. The van der Waals surface area contributed by atoms with Crippen molar-refractivity contribution in [1.82, 2.24) is 24.9 Å². The van der Waals surface area contributed by atoms with Crippen LogP contribution in [0, 0.1) is 19.8 Å². The highest BCUT2D eigenvalue weighted by atomic mass is 16.2. The van der Waals surface area contributed by atoms with Crippen LogP contribution in [0.4, 0.5) is 0 Å². The molecule has 1 aromatic carbocycles. The summed E-state index contributed by atoms with van der Waals surface area (Å²) in [4.78, 5) is 14.9. The second-order valence-corrected chi connectivity index (χ2v) is 7.76. The second kappa shape index (κ2) is 7.62. The van der Waals surface area contributed by atoms with E-state index in [1.54, 1.807) is 0 Å². The zero-order chi connectivity index (χ0) is 19.7. The first-order valence-corrected chi connectivity index (χ1v) is 9.92. The zero-order valence-electron chi connectivity index (χ0n) is 16.8. The lowest BCUT2D eigenvalue weighted by Gasteiger charge is -2.31. The van der Waals surface area contributed by atoms with E-state index in [2.05, 4.69) is 45.6 Å². The summed E-state index contributed by atoms with van der Waals surface area (Å²) in [5.74, 6) is 0.681. The summed E-state index contributed by atoms with van der Waals surface area (Å²) >= 11 is 0. The number of amides is 1. The maximum Gasteiger partial charge on any atom is 0.271 e. The number of carbonyl (C=O) groups is 1. The minimum Gasteiger partial charge on any atom is -0.337 e. The van der Waals surface area contributed by atoms with Crippen molar-refractivity contribution in [3.8, 4) is 11.3 Å². The second-order valence-electron chi connectivity index (χ2n) is 7.76. The van der Waals surface area contributed by atoms with Crippen molar-refractivity contribution in [2.45, 2.75) is 33.1 Å². The van der Waals surface area contributed by atoms with Gasteiger partial charge < -0.3 is 4.90 Å². The highest BCUT2D eigenvalue weighted by molar-refractivity contribution is 5.93. The summed E-state index contributed by atoms with van der Waals surface area (Å²) in [5.41, 5.74) is 5.69. The molecular weight excluding hydrogens is 350 g/mol. The number of rotatable bonds is 4. The number of nitrogens with one attached hydrogen (secondary N) is 1. The standard InChI is InChI=1S/C22H27N5O/c1-15-21(16(2)26(3)25-15)19-14-20(24-23-19)22(28)27-11-9-18(10-12-27)13-17-7-5-4-6-8-17/h4-8,14,18H,9-13H2,1-3H3,(H,23,24). The molecule has 1 saturated heterocycles. The Morgan fingerprint density at radius 1 is 1.18 bits per heavy atom. The zero-order valence-corrected chi connectivity index (χ0v) is 16.8. The molecule has 0 spiro atoms. The number of aryl methyl sites for hydroxylation is 2. The molecule has 2 aromatic heterocycles. The Balaban J connectivity index is 1.40. The molecule has 6 heteroatoms. The van der Waals surface area contributed by atoms with Crippen molar-refractivity contribution in [3.63, 3.8) is 0 Å². The Bertz CT molecular complexity index is 964. The van der Waals surface area contributed by atoms with Crippen molar-refractivity contribution in [1.29, 1.82) is 0 Å². The summed E-state index contributed by atoms with van der Waals surface area (Å²) < 4.78 is 1.85. The molecule has 0 unspecified atom stereocenters. The molecule has 3 heterocycles. The maximum atomic E-state index is 12.9. The Kier molecular flexibility index (Phi) is 5.03. The van der Waals surface area contributed by atoms with Gasteiger partial charge in [0.25, 0.3) is 5.91 Å². The number of aromatic amines is 1. The van der Waals surface area contributed by atoms with Crippen LogP contribution in [0.1, 0.15) is 40.3 Å². The summed E-state index contributed by atoms with van der Waals surface area (Å²) in [6, 6.07) is 12.5. The number of likely N-dealkylation sites (tertiary alicyclic amines) is 1. The molecule has 0 atom stereocenters. The van der Waals surface area contributed by atoms with Gasteiger partial charge in [-0.05, 0) is 50.7 Å². The summed E-state index contributed by atoms with van der Waals surface area (Å²) in [7, 11) is 1.92. The van der Waals surface area contributed by atoms with Gasteiger partial charge in [0, 0.05) is 31.4 Å². The van der Waals surface area contributed by atoms with E-state index in [9.17, 15) is 4.79 Å². The number of hydrogen-bond donors (Lipinski definition) is 1. The van der Waals surface area contributed by atoms with E-state index in [0.717, 1.165) is 55.0 Å². The first-order chi connectivity index (χ1) is 13.5. The quantitative estimate of drug-likeness (QED) is 0.756. The van der Waals surface area contributed by atoms with Crippen LogP contribution in [0.25, 0.3) is 11.3 Å². The highest BCUT2D eigenvalue weighted by Gasteiger charge is 2.25. The molecule has 146 valence electrons. The molecule has 4 rings (SSSR count). The molecule has 0 radical (unpaired) electrons. The molecular formula is C22H27N5O. The molecule has 1 amide bonds. The Morgan fingerprint density at radius 3 is 2.54 bits per heavy atom. The van der Waals surface area contributed by atoms with Crippen molar-refractivity contribution >= 4 is 5.91 Å². The molecule has 6 nitrogen and oxygen atoms in total. The van der Waals surface area contributed by atoms with Gasteiger partial charge in [-0.25, -0.2) is 0 Å². The van der Waals surface area contributed by atoms with Gasteiger partial charge in [0.15, 0.2) is 0 Å². The van der Waals surface area contributed by atoms with Crippen LogP contribution in [0.15, 0.2) is 36.4 Å². The van der Waals surface area contributed by atoms with Gasteiger partial charge in [-0.3, -0.25) is 14.6 Å². The Morgan fingerprint density at radius 2 is 1.89 bits per heavy atom. The SMILES string of the molecule is Cc1nn(C)c(C)c1-c1cc(C(=O)N2CCC(Cc3ccccc3)CC2)[nH]n1. The number of nitrogens with zero attached hydrogens (tertiary/aromatic N) is 4. The first-order valence-electron chi connectivity index (χ1n) is 9.92. The van der Waals surface area contributed by atoms with E-state index in [-0.39, 0.29) is 5.91 Å². The fraction of sp³-hybridized carbons (Fsp3) is 0.409. The van der Waals surface area contributed by atoms with Gasteiger partial charge in [-0.15, -0.1) is 0 Å². The number of hydrogen-bond acceptors (Lipinski definition) is 3. The fourth-order valence-corrected chi connectivity index (χ4v) is 4.16. The predicted molar refractivity (Wildman–Crippen MR) is 109 cm³/mol. The molecule has 1 aliphatic rings. The average molecular weight is 377 g/mol. The molecule has 0 saturated carbocycles. The minimum atomic E-state index is 0.0381. The summed E-state index contributed by atoms with van der Waals surface area (Å²) in [5, 5.41) is 11.8. The van der Waals surface area contributed by atoms with Crippen LogP contribution < -0.4 is 0 Å². The molecule has 0 bridgehead atoms. The van der Waals surface area contributed by atoms with Crippen LogP contribution in [-0.2, 0) is 13.5 Å². The van der Waals surface area contributed by atoms with Crippen LogP contribution in [0.3, 0.4) is 0 Å². The Hall–Kier alpha value is -2.89. The fourth-order valence-electron chi connectivity index (χ4n) is 4.16. The molecule has 1 aliphatic heterocycles. The van der Waals surface area contributed by atoms with Gasteiger partial charge in [-0.1, -0.05) is 30.3 Å². The number of aromatic nitrogens is 4. The molecule has 0 aliphatic carbocycles. The topological polar surface area (TPSA) is 66.8 Å².